The van der Waals surface area contributed by atoms with E-state index < -0.39 is 17.4 Å². The molecule has 0 saturated carbocycles. The van der Waals surface area contributed by atoms with Gasteiger partial charge in [-0.15, -0.1) is 0 Å². The Morgan fingerprint density at radius 1 is 1.09 bits per heavy atom. The van der Waals surface area contributed by atoms with Crippen molar-refractivity contribution in [1.29, 1.82) is 0 Å². The minimum atomic E-state index is -1.10. The summed E-state index contributed by atoms with van der Waals surface area (Å²) < 4.78 is 17.1. The van der Waals surface area contributed by atoms with Crippen LogP contribution in [-0.4, -0.2) is 36.1 Å². The van der Waals surface area contributed by atoms with Gasteiger partial charge in [-0.25, -0.2) is 9.07 Å². The first-order chi connectivity index (χ1) is 15.7. The van der Waals surface area contributed by atoms with E-state index >= 15 is 0 Å². The first-order valence-corrected chi connectivity index (χ1v) is 10.9. The van der Waals surface area contributed by atoms with Crippen LogP contribution >= 0.6 is 0 Å². The lowest BCUT2D eigenvalue weighted by molar-refractivity contribution is -0.137. The number of benzene rings is 2. The first-order valence-electron chi connectivity index (χ1n) is 10.9. The number of aliphatic carboxylic acids is 1. The van der Waals surface area contributed by atoms with Crippen molar-refractivity contribution in [2.45, 2.75) is 52.3 Å². The zero-order valence-electron chi connectivity index (χ0n) is 18.8. The molecule has 0 spiro atoms. The molecule has 0 bridgehead atoms. The van der Waals surface area contributed by atoms with Crippen LogP contribution < -0.4 is 5.56 Å². The van der Waals surface area contributed by atoms with Crippen molar-refractivity contribution in [3.05, 3.63) is 64.3 Å². The minimum absolute atomic E-state index is 0.0117. The monoisotopic (exact) mass is 451 g/mol. The average Bonchev–Trinajstić information content (AvgIpc) is 3.05. The molecule has 2 aromatic carbocycles. The van der Waals surface area contributed by atoms with E-state index in [-0.39, 0.29) is 18.6 Å². The Bertz CT molecular complexity index is 1430. The second-order valence-corrected chi connectivity index (χ2v) is 8.39. The molecule has 0 saturated heterocycles. The Morgan fingerprint density at radius 3 is 2.39 bits per heavy atom. The summed E-state index contributed by atoms with van der Waals surface area (Å²) in [5, 5.41) is 26.5. The number of carbonyl (C=O) groups is 1. The normalized spacial score (nSPS) is 12.0. The Kier molecular flexibility index (Phi) is 5.80. The van der Waals surface area contributed by atoms with E-state index in [1.165, 1.54) is 16.8 Å². The van der Waals surface area contributed by atoms with Gasteiger partial charge in [0.1, 0.15) is 18.1 Å². The molecule has 0 atom stereocenters. The predicted octanol–water partition coefficient (Wildman–Crippen LogP) is 4.10. The zero-order valence-corrected chi connectivity index (χ0v) is 18.8. The molecule has 8 heteroatoms. The van der Waals surface area contributed by atoms with Crippen LogP contribution in [0.1, 0.15) is 32.4 Å². The molecule has 0 aliphatic carbocycles. The molecule has 0 fully saturated rings. The number of aliphatic hydroxyl groups is 1. The van der Waals surface area contributed by atoms with Crippen molar-refractivity contribution in [3.63, 3.8) is 0 Å². The smallest absolute Gasteiger partial charge is 0.323 e. The Balaban J connectivity index is 2.09. The van der Waals surface area contributed by atoms with Crippen LogP contribution in [0.15, 0.2) is 47.3 Å². The summed E-state index contributed by atoms with van der Waals surface area (Å²) in [5.41, 5.74) is 0.738. The summed E-state index contributed by atoms with van der Waals surface area (Å²) in [4.78, 5) is 24.7. The van der Waals surface area contributed by atoms with Crippen molar-refractivity contribution >= 4 is 27.6 Å². The summed E-state index contributed by atoms with van der Waals surface area (Å²) >= 11 is 0. The maximum atomic E-state index is 14.3. The molecule has 33 heavy (non-hydrogen) atoms. The molecule has 4 rings (SSSR count). The maximum absolute atomic E-state index is 14.3. The molecule has 2 heterocycles. The van der Waals surface area contributed by atoms with Gasteiger partial charge in [-0.2, -0.15) is 5.10 Å². The number of hydrogen-bond acceptors (Lipinski definition) is 4. The lowest BCUT2D eigenvalue weighted by atomic mass is 9.97. The van der Waals surface area contributed by atoms with Gasteiger partial charge >= 0.3 is 5.97 Å². The van der Waals surface area contributed by atoms with Gasteiger partial charge in [0.25, 0.3) is 5.56 Å². The quantitative estimate of drug-likeness (QED) is 0.441. The molecule has 4 aromatic rings. The van der Waals surface area contributed by atoms with Gasteiger partial charge in [-0.05, 0) is 44.0 Å². The molecule has 2 N–H and O–H groups in total. The lowest BCUT2D eigenvalue weighted by Gasteiger charge is -2.25. The van der Waals surface area contributed by atoms with E-state index in [0.29, 0.717) is 51.5 Å². The van der Waals surface area contributed by atoms with Gasteiger partial charge in [-0.1, -0.05) is 32.0 Å². The number of fused-ring (bicyclic) bond motifs is 2. The van der Waals surface area contributed by atoms with E-state index in [2.05, 4.69) is 5.10 Å². The number of aromatic nitrogens is 3. The van der Waals surface area contributed by atoms with Crippen LogP contribution in [0.4, 0.5) is 4.39 Å². The number of halogens is 1. The van der Waals surface area contributed by atoms with Gasteiger partial charge in [-0.3, -0.25) is 9.59 Å². The van der Waals surface area contributed by atoms with E-state index in [4.69, 9.17) is 0 Å². The number of rotatable bonds is 7. The molecular weight excluding hydrogens is 425 g/mol. The Hall–Kier alpha value is -3.52. The van der Waals surface area contributed by atoms with Crippen molar-refractivity contribution in [3.8, 4) is 11.3 Å². The summed E-state index contributed by atoms with van der Waals surface area (Å²) in [7, 11) is 0. The average molecular weight is 451 g/mol. The van der Waals surface area contributed by atoms with E-state index in [1.807, 2.05) is 13.8 Å². The maximum Gasteiger partial charge on any atom is 0.323 e. The number of carboxylic acid groups (broad SMARTS) is 1. The number of carboxylic acids is 1. The highest BCUT2D eigenvalue weighted by Crippen LogP contribution is 2.37. The Morgan fingerprint density at radius 2 is 1.76 bits per heavy atom. The molecular formula is C25H26FN3O4. The molecule has 2 aromatic heterocycles. The fourth-order valence-corrected chi connectivity index (χ4v) is 4.37. The van der Waals surface area contributed by atoms with E-state index in [1.54, 1.807) is 41.8 Å². The second-order valence-electron chi connectivity index (χ2n) is 8.39. The number of nitrogens with zero attached hydrogens (tertiary/aromatic N) is 3. The van der Waals surface area contributed by atoms with Crippen molar-refractivity contribution in [2.24, 2.45) is 0 Å². The third kappa shape index (κ3) is 3.91. The van der Waals surface area contributed by atoms with Crippen LogP contribution in [0.2, 0.25) is 0 Å². The van der Waals surface area contributed by atoms with Crippen molar-refractivity contribution in [1.82, 2.24) is 14.3 Å². The predicted molar refractivity (Wildman–Crippen MR) is 125 cm³/mol. The van der Waals surface area contributed by atoms with Crippen LogP contribution in [0.5, 0.6) is 0 Å². The van der Waals surface area contributed by atoms with Crippen LogP contribution in [0, 0.1) is 12.7 Å². The fourth-order valence-electron chi connectivity index (χ4n) is 4.37. The standard InChI is InChI=1S/C25H26FN3O4/c1-4-25(33,5-2)14-29-24(32)18-9-7-6-8-17(18)23(27-29)22-15(3)28(13-21(30)31)20-11-10-16(26)12-19(20)22/h6-12,33H,4-5,13-14H2,1-3H3,(H,30,31). The molecule has 0 unspecified atom stereocenters. The van der Waals surface area contributed by atoms with Gasteiger partial charge in [0, 0.05) is 27.5 Å². The molecule has 0 aliphatic rings. The lowest BCUT2D eigenvalue weighted by Crippen LogP contribution is -2.38. The minimum Gasteiger partial charge on any atom is -0.480 e. The summed E-state index contributed by atoms with van der Waals surface area (Å²) in [6.45, 7) is 5.18. The summed E-state index contributed by atoms with van der Waals surface area (Å²) in [5.74, 6) is -1.48. The van der Waals surface area contributed by atoms with E-state index in [0.717, 1.165) is 0 Å². The molecule has 0 radical (unpaired) electrons. The van der Waals surface area contributed by atoms with Crippen molar-refractivity contribution < 1.29 is 19.4 Å². The van der Waals surface area contributed by atoms with Gasteiger partial charge in [0.05, 0.1) is 17.5 Å². The van der Waals surface area contributed by atoms with Crippen LogP contribution in [-0.2, 0) is 17.9 Å². The topological polar surface area (TPSA) is 97.3 Å². The molecule has 7 nitrogen and oxygen atoms in total. The third-order valence-corrected chi connectivity index (χ3v) is 6.44. The van der Waals surface area contributed by atoms with Gasteiger partial charge in [0.15, 0.2) is 0 Å². The van der Waals surface area contributed by atoms with Crippen LogP contribution in [0.25, 0.3) is 32.9 Å². The fraction of sp³-hybridized carbons (Fsp3) is 0.320. The van der Waals surface area contributed by atoms with Crippen molar-refractivity contribution in [2.75, 3.05) is 0 Å². The molecule has 0 amide bonds. The Labute approximate surface area is 189 Å². The number of hydrogen-bond donors (Lipinski definition) is 2. The SMILES string of the molecule is CCC(O)(CC)Cn1nc(-c2c(C)n(CC(=O)O)c3ccc(F)cc23)c2ccccc2c1=O. The van der Waals surface area contributed by atoms with Gasteiger partial charge < -0.3 is 14.8 Å². The first kappa shape index (κ1) is 22.7. The van der Waals surface area contributed by atoms with E-state index in [9.17, 15) is 24.2 Å². The molecule has 0 aliphatic heterocycles. The van der Waals surface area contributed by atoms with Gasteiger partial charge in [0.2, 0.25) is 0 Å². The molecule has 172 valence electrons. The highest BCUT2D eigenvalue weighted by molar-refractivity contribution is 6.05. The largest absolute Gasteiger partial charge is 0.480 e. The summed E-state index contributed by atoms with van der Waals surface area (Å²) in [6, 6.07) is 11.2. The van der Waals surface area contributed by atoms with Crippen LogP contribution in [0.3, 0.4) is 0 Å². The zero-order chi connectivity index (χ0) is 23.9. The highest BCUT2D eigenvalue weighted by atomic mass is 19.1. The highest BCUT2D eigenvalue weighted by Gasteiger charge is 2.27. The second kappa shape index (κ2) is 8.44. The third-order valence-electron chi connectivity index (χ3n) is 6.44. The summed E-state index contributed by atoms with van der Waals surface area (Å²) in [6.07, 6.45) is 0.893.